The molecule has 0 atom stereocenters. The van der Waals surface area contributed by atoms with Crippen molar-refractivity contribution in [2.75, 3.05) is 19.3 Å². The van der Waals surface area contributed by atoms with Gasteiger partial charge in [-0.1, -0.05) is 91.0 Å². The smallest absolute Gasteiger partial charge is 0.264 e. The van der Waals surface area contributed by atoms with Gasteiger partial charge in [-0.25, -0.2) is 0 Å². The van der Waals surface area contributed by atoms with E-state index in [1.54, 1.807) is 0 Å². The molecule has 1 aliphatic heterocycles. The first kappa shape index (κ1) is 20.8. The van der Waals surface area contributed by atoms with Crippen LogP contribution in [0, 0.1) is 0 Å². The molecule has 0 N–H and O–H groups in total. The van der Waals surface area contributed by atoms with Crippen molar-refractivity contribution in [1.82, 2.24) is 4.90 Å². The maximum Gasteiger partial charge on any atom is 0.264 e. The largest absolute Gasteiger partial charge is 0.286 e. The highest BCUT2D eigenvalue weighted by atomic mass is 32.2. The molecule has 4 nitrogen and oxygen atoms in total. The van der Waals surface area contributed by atoms with Gasteiger partial charge in [-0.3, -0.25) is 9.08 Å². The molecule has 0 bridgehead atoms. The molecule has 0 aromatic heterocycles. The van der Waals surface area contributed by atoms with Gasteiger partial charge in [0.15, 0.2) is 0 Å². The number of hydrogen-bond acceptors (Lipinski definition) is 4. The Morgan fingerprint density at radius 3 is 1.43 bits per heavy atom. The molecule has 4 rings (SSSR count). The Kier molecular flexibility index (Phi) is 6.04. The second-order valence-corrected chi connectivity index (χ2v) is 9.40. The quantitative estimate of drug-likeness (QED) is 0.437. The minimum absolute atomic E-state index is 0.267. The van der Waals surface area contributed by atoms with Crippen molar-refractivity contribution < 1.29 is 12.6 Å². The van der Waals surface area contributed by atoms with E-state index in [9.17, 15) is 8.42 Å². The number of nitrogens with zero attached hydrogens (tertiary/aromatic N) is 1. The second-order valence-electron chi connectivity index (χ2n) is 7.80. The van der Waals surface area contributed by atoms with Crippen LogP contribution in [0.4, 0.5) is 0 Å². The molecule has 0 spiro atoms. The molecule has 1 fully saturated rings. The van der Waals surface area contributed by atoms with Crippen molar-refractivity contribution in [1.29, 1.82) is 0 Å². The monoisotopic (exact) mass is 421 g/mol. The molecular formula is C25H27NO3S. The Balaban J connectivity index is 1.82. The van der Waals surface area contributed by atoms with Gasteiger partial charge in [0.25, 0.3) is 10.1 Å². The highest BCUT2D eigenvalue weighted by Gasteiger charge is 2.43. The van der Waals surface area contributed by atoms with E-state index in [2.05, 4.69) is 77.7 Å². The highest BCUT2D eigenvalue weighted by Crippen LogP contribution is 2.43. The van der Waals surface area contributed by atoms with Gasteiger partial charge < -0.3 is 0 Å². The van der Waals surface area contributed by atoms with E-state index in [1.165, 1.54) is 16.7 Å². The first-order chi connectivity index (χ1) is 14.5. The number of likely N-dealkylation sites (tertiary alicyclic amines) is 1. The Hall–Kier alpha value is -2.47. The van der Waals surface area contributed by atoms with E-state index in [-0.39, 0.29) is 6.10 Å². The molecule has 156 valence electrons. The molecule has 1 heterocycles. The van der Waals surface area contributed by atoms with Crippen LogP contribution in [-0.4, -0.2) is 38.8 Å². The Labute approximate surface area is 179 Å². The molecule has 1 saturated heterocycles. The molecule has 0 radical (unpaired) electrons. The number of hydrogen-bond donors (Lipinski definition) is 0. The lowest BCUT2D eigenvalue weighted by Crippen LogP contribution is -2.52. The lowest BCUT2D eigenvalue weighted by atomic mass is 9.74. The third-order valence-electron chi connectivity index (χ3n) is 5.80. The van der Waals surface area contributed by atoms with E-state index >= 15 is 0 Å². The third-order valence-corrected chi connectivity index (χ3v) is 6.42. The first-order valence-electron chi connectivity index (χ1n) is 10.3. The summed E-state index contributed by atoms with van der Waals surface area (Å²) in [5.41, 5.74) is 3.14. The van der Waals surface area contributed by atoms with Gasteiger partial charge in [-0.05, 0) is 29.5 Å². The zero-order valence-electron chi connectivity index (χ0n) is 17.1. The molecule has 3 aromatic rings. The summed E-state index contributed by atoms with van der Waals surface area (Å²) in [6.45, 7) is 1.47. The van der Waals surface area contributed by atoms with Crippen molar-refractivity contribution in [3.8, 4) is 0 Å². The SMILES string of the molecule is CS(=O)(=O)OC1CCN(C(c2ccccc2)(c2ccccc2)c2ccccc2)CC1. The summed E-state index contributed by atoms with van der Waals surface area (Å²) in [7, 11) is -3.45. The molecule has 30 heavy (non-hydrogen) atoms. The summed E-state index contributed by atoms with van der Waals surface area (Å²) >= 11 is 0. The van der Waals surface area contributed by atoms with E-state index < -0.39 is 15.7 Å². The number of piperidine rings is 1. The molecule has 0 amide bonds. The zero-order valence-corrected chi connectivity index (χ0v) is 18.0. The van der Waals surface area contributed by atoms with Crippen LogP contribution < -0.4 is 0 Å². The molecule has 0 aliphatic carbocycles. The van der Waals surface area contributed by atoms with Crippen LogP contribution in [0.25, 0.3) is 0 Å². The maximum atomic E-state index is 11.6. The number of rotatable bonds is 6. The average molecular weight is 422 g/mol. The van der Waals surface area contributed by atoms with Crippen molar-refractivity contribution in [3.05, 3.63) is 108 Å². The number of benzene rings is 3. The van der Waals surface area contributed by atoms with E-state index in [4.69, 9.17) is 4.18 Å². The summed E-state index contributed by atoms with van der Waals surface area (Å²) in [5.74, 6) is 0. The lowest BCUT2D eigenvalue weighted by molar-refractivity contribution is 0.0612. The zero-order chi connectivity index (χ0) is 21.0. The van der Waals surface area contributed by atoms with Gasteiger partial charge in [0.05, 0.1) is 17.9 Å². The second kappa shape index (κ2) is 8.72. The predicted octanol–water partition coefficient (Wildman–Crippen LogP) is 4.42. The molecule has 3 aromatic carbocycles. The van der Waals surface area contributed by atoms with Gasteiger partial charge in [0.2, 0.25) is 0 Å². The van der Waals surface area contributed by atoms with Gasteiger partial charge >= 0.3 is 0 Å². The summed E-state index contributed by atoms with van der Waals surface area (Å²) in [6, 6.07) is 31.7. The van der Waals surface area contributed by atoms with Crippen molar-refractivity contribution in [2.45, 2.75) is 24.5 Å². The average Bonchev–Trinajstić information content (AvgIpc) is 2.77. The van der Waals surface area contributed by atoms with Crippen LogP contribution in [-0.2, 0) is 19.8 Å². The third kappa shape index (κ3) is 4.19. The van der Waals surface area contributed by atoms with Crippen molar-refractivity contribution >= 4 is 10.1 Å². The van der Waals surface area contributed by atoms with Crippen LogP contribution in [0.3, 0.4) is 0 Å². The molecule has 0 saturated carbocycles. The Morgan fingerprint density at radius 2 is 1.10 bits per heavy atom. The van der Waals surface area contributed by atoms with Gasteiger partial charge in [0, 0.05) is 13.1 Å². The van der Waals surface area contributed by atoms with Crippen molar-refractivity contribution in [2.24, 2.45) is 0 Å². The fraction of sp³-hybridized carbons (Fsp3) is 0.280. The van der Waals surface area contributed by atoms with Crippen LogP contribution in [0.2, 0.25) is 0 Å². The summed E-state index contributed by atoms with van der Waals surface area (Å²) in [4.78, 5) is 2.47. The Morgan fingerprint density at radius 1 is 0.733 bits per heavy atom. The van der Waals surface area contributed by atoms with E-state index in [0.29, 0.717) is 12.8 Å². The molecule has 1 aliphatic rings. The molecule has 0 unspecified atom stereocenters. The predicted molar refractivity (Wildman–Crippen MR) is 120 cm³/mol. The molecule has 5 heteroatoms. The highest BCUT2D eigenvalue weighted by molar-refractivity contribution is 7.86. The summed E-state index contributed by atoms with van der Waals surface area (Å²) in [5, 5.41) is 0. The normalized spacial score (nSPS) is 16.4. The first-order valence-corrected chi connectivity index (χ1v) is 12.1. The molecular weight excluding hydrogens is 394 g/mol. The van der Waals surface area contributed by atoms with Crippen LogP contribution in [0.5, 0.6) is 0 Å². The Bertz CT molecular complexity index is 949. The van der Waals surface area contributed by atoms with Gasteiger partial charge in [0.1, 0.15) is 0 Å². The fourth-order valence-corrected chi connectivity index (χ4v) is 5.31. The summed E-state index contributed by atoms with van der Waals surface area (Å²) < 4.78 is 28.5. The van der Waals surface area contributed by atoms with Crippen LogP contribution >= 0.6 is 0 Å². The van der Waals surface area contributed by atoms with Crippen LogP contribution in [0.1, 0.15) is 29.5 Å². The van der Waals surface area contributed by atoms with E-state index in [0.717, 1.165) is 19.3 Å². The van der Waals surface area contributed by atoms with Gasteiger partial charge in [-0.15, -0.1) is 0 Å². The lowest BCUT2D eigenvalue weighted by Gasteiger charge is -2.48. The van der Waals surface area contributed by atoms with Gasteiger partial charge in [-0.2, -0.15) is 8.42 Å². The maximum absolute atomic E-state index is 11.6. The topological polar surface area (TPSA) is 46.6 Å². The standard InChI is InChI=1S/C25H27NO3S/c1-30(27,28)29-24-17-19-26(20-18-24)25(21-11-5-2-6-12-21,22-13-7-3-8-14-22)23-15-9-4-10-16-23/h2-16,24H,17-20H2,1H3. The summed E-state index contributed by atoms with van der Waals surface area (Å²) in [6.07, 6.45) is 2.20. The minimum Gasteiger partial charge on any atom is -0.286 e. The van der Waals surface area contributed by atoms with Crippen molar-refractivity contribution in [3.63, 3.8) is 0 Å². The fourth-order valence-electron chi connectivity index (χ4n) is 4.62. The van der Waals surface area contributed by atoms with E-state index in [1.807, 2.05) is 18.2 Å². The minimum atomic E-state index is -3.45. The van der Waals surface area contributed by atoms with Crippen LogP contribution in [0.15, 0.2) is 91.0 Å².